The maximum Gasteiger partial charge on any atom is 0.332 e. The van der Waals surface area contributed by atoms with Gasteiger partial charge in [-0.2, -0.15) is 4.98 Å². The van der Waals surface area contributed by atoms with Crippen molar-refractivity contribution in [1.82, 2.24) is 19.3 Å². The number of nitrogens with zero attached hydrogens (tertiary/aromatic N) is 5. The molecule has 0 saturated carbocycles. The molecule has 0 amide bonds. The average Bonchev–Trinajstić information content (AvgIpc) is 3.47. The first-order chi connectivity index (χ1) is 16.9. The Bertz CT molecular complexity index is 1360. The van der Waals surface area contributed by atoms with Gasteiger partial charge in [-0.25, -0.2) is 9.79 Å². The van der Waals surface area contributed by atoms with Gasteiger partial charge in [0.2, 0.25) is 5.89 Å². The second-order valence-electron chi connectivity index (χ2n) is 8.29. The van der Waals surface area contributed by atoms with Gasteiger partial charge < -0.3 is 14.0 Å². The van der Waals surface area contributed by atoms with Crippen LogP contribution in [0.2, 0.25) is 0 Å². The van der Waals surface area contributed by atoms with Crippen LogP contribution in [0.4, 0.5) is 5.82 Å². The van der Waals surface area contributed by atoms with E-state index in [1.807, 2.05) is 25.1 Å². The number of aryl methyl sites for hydroxylation is 1. The molecule has 3 heterocycles. The maximum absolute atomic E-state index is 13.1. The van der Waals surface area contributed by atoms with E-state index in [0.717, 1.165) is 18.4 Å². The number of halogens is 1. The van der Waals surface area contributed by atoms with E-state index >= 15 is 0 Å². The van der Waals surface area contributed by atoms with E-state index in [1.54, 1.807) is 18.8 Å². The number of aliphatic imine (C=N–C) groups is 1. The Labute approximate surface area is 207 Å². The molecular formula is C24H28ClN5O5. The zero-order valence-corrected chi connectivity index (χ0v) is 20.8. The predicted molar refractivity (Wildman–Crippen MR) is 131 cm³/mol. The molecule has 0 N–H and O–H groups in total. The van der Waals surface area contributed by atoms with E-state index in [9.17, 15) is 9.59 Å². The summed E-state index contributed by atoms with van der Waals surface area (Å²) in [5, 5.41) is 4.38. The highest BCUT2D eigenvalue weighted by Gasteiger charge is 2.24. The number of hydrogen-bond donors (Lipinski definition) is 0. The van der Waals surface area contributed by atoms with E-state index in [1.165, 1.54) is 4.57 Å². The molecule has 0 atom stereocenters. The number of rotatable bonds is 11. The van der Waals surface area contributed by atoms with Crippen LogP contribution in [0.1, 0.15) is 49.0 Å². The number of ether oxygens (including phenoxy) is 2. The number of fused-ring (bicyclic) bond motifs is 1. The molecule has 0 fully saturated rings. The molecule has 186 valence electrons. The third-order valence-corrected chi connectivity index (χ3v) is 6.09. The van der Waals surface area contributed by atoms with Crippen LogP contribution in [0.5, 0.6) is 11.5 Å². The number of unbranched alkanes of at least 4 members (excludes halogenated alkanes) is 1. The molecule has 0 bridgehead atoms. The van der Waals surface area contributed by atoms with Gasteiger partial charge in [0, 0.05) is 32.4 Å². The summed E-state index contributed by atoms with van der Waals surface area (Å²) in [5.74, 6) is 2.66. The Morgan fingerprint density at radius 2 is 1.86 bits per heavy atom. The van der Waals surface area contributed by atoms with E-state index in [0.29, 0.717) is 65.6 Å². The van der Waals surface area contributed by atoms with Crippen molar-refractivity contribution in [3.05, 3.63) is 61.9 Å². The normalized spacial score (nSPS) is 12.5. The van der Waals surface area contributed by atoms with Crippen LogP contribution in [0, 0.1) is 0 Å². The van der Waals surface area contributed by atoms with Gasteiger partial charge in [-0.1, -0.05) is 36.2 Å². The fraction of sp³-hybridized carbons (Fsp3) is 0.458. The van der Waals surface area contributed by atoms with E-state index < -0.39 is 0 Å². The van der Waals surface area contributed by atoms with Crippen LogP contribution in [-0.4, -0.2) is 38.7 Å². The molecular weight excluding hydrogens is 474 g/mol. The lowest BCUT2D eigenvalue weighted by molar-refractivity contribution is 0.354. The third-order valence-electron chi connectivity index (χ3n) is 5.87. The molecule has 2 aromatic heterocycles. The van der Waals surface area contributed by atoms with Gasteiger partial charge in [0.1, 0.15) is 11.0 Å². The summed E-state index contributed by atoms with van der Waals surface area (Å²) < 4.78 is 18.8. The van der Waals surface area contributed by atoms with E-state index in [2.05, 4.69) is 15.1 Å². The zero-order valence-electron chi connectivity index (χ0n) is 20.0. The van der Waals surface area contributed by atoms with Crippen molar-refractivity contribution >= 4 is 22.6 Å². The Kier molecular flexibility index (Phi) is 7.70. The number of methoxy groups -OCH3 is 2. The average molecular weight is 502 g/mol. The first kappa shape index (κ1) is 24.7. The van der Waals surface area contributed by atoms with Gasteiger partial charge in [-0.3, -0.25) is 13.9 Å². The minimum Gasteiger partial charge on any atom is -0.493 e. The van der Waals surface area contributed by atoms with Crippen molar-refractivity contribution in [1.29, 1.82) is 0 Å². The molecule has 0 aliphatic carbocycles. The van der Waals surface area contributed by atoms with Gasteiger partial charge in [-0.05, 0) is 30.5 Å². The standard InChI is InChI=1S/C24H28ClN5O5/c1-4-5-10-29-22-16(14-19(25)26-22)23(31)30(24(29)32)11-6-7-21-27-20(28-35-21)13-15-8-9-17(33-2)18(12-15)34-3/h8-9,12H,4-7,10-11,13-14H2,1-3H3. The number of aromatic nitrogens is 4. The summed E-state index contributed by atoms with van der Waals surface area (Å²) in [6, 6.07) is 5.61. The largest absolute Gasteiger partial charge is 0.493 e. The lowest BCUT2D eigenvalue weighted by Gasteiger charge is -2.13. The number of benzene rings is 1. The van der Waals surface area contributed by atoms with Gasteiger partial charge in [0.15, 0.2) is 17.3 Å². The van der Waals surface area contributed by atoms with Gasteiger partial charge in [0.05, 0.1) is 19.8 Å². The van der Waals surface area contributed by atoms with Crippen molar-refractivity contribution < 1.29 is 14.0 Å². The summed E-state index contributed by atoms with van der Waals surface area (Å²) in [6.07, 6.45) is 3.38. The summed E-state index contributed by atoms with van der Waals surface area (Å²) >= 11 is 6.08. The Hall–Kier alpha value is -3.40. The predicted octanol–water partition coefficient (Wildman–Crippen LogP) is 3.26. The van der Waals surface area contributed by atoms with Crippen molar-refractivity contribution in [2.24, 2.45) is 4.99 Å². The van der Waals surface area contributed by atoms with Crippen LogP contribution in [0.3, 0.4) is 0 Å². The molecule has 11 heteroatoms. The minimum absolute atomic E-state index is 0.238. The molecule has 4 rings (SSSR count). The monoisotopic (exact) mass is 501 g/mol. The highest BCUT2D eigenvalue weighted by atomic mass is 35.5. The van der Waals surface area contributed by atoms with Crippen molar-refractivity contribution in [3.8, 4) is 11.5 Å². The topological polar surface area (TPSA) is 114 Å². The van der Waals surface area contributed by atoms with Crippen molar-refractivity contribution in [2.45, 2.75) is 58.5 Å². The lowest BCUT2D eigenvalue weighted by Crippen LogP contribution is -2.41. The fourth-order valence-corrected chi connectivity index (χ4v) is 4.28. The Balaban J connectivity index is 1.44. The quantitative estimate of drug-likeness (QED) is 0.396. The van der Waals surface area contributed by atoms with Gasteiger partial charge >= 0.3 is 5.69 Å². The summed E-state index contributed by atoms with van der Waals surface area (Å²) in [5.41, 5.74) is 0.725. The summed E-state index contributed by atoms with van der Waals surface area (Å²) in [7, 11) is 3.17. The summed E-state index contributed by atoms with van der Waals surface area (Å²) in [6.45, 7) is 2.78. The van der Waals surface area contributed by atoms with Crippen LogP contribution in [-0.2, 0) is 32.4 Å². The minimum atomic E-state index is -0.364. The second kappa shape index (κ2) is 10.9. The lowest BCUT2D eigenvalue weighted by atomic mass is 10.1. The van der Waals surface area contributed by atoms with Crippen LogP contribution >= 0.6 is 11.6 Å². The smallest absolute Gasteiger partial charge is 0.332 e. The SMILES string of the molecule is CCCCn1c2c(c(=O)n(CCCc3nc(Cc4ccc(OC)c(OC)c4)no3)c1=O)CC(Cl)=N2. The molecule has 35 heavy (non-hydrogen) atoms. The van der Waals surface area contributed by atoms with Crippen LogP contribution < -0.4 is 20.7 Å². The molecule has 3 aromatic rings. The molecule has 10 nitrogen and oxygen atoms in total. The fourth-order valence-electron chi connectivity index (χ4n) is 4.07. The molecule has 1 aliphatic rings. The molecule has 0 saturated heterocycles. The maximum atomic E-state index is 13.1. The highest BCUT2D eigenvalue weighted by Crippen LogP contribution is 2.28. The Morgan fingerprint density at radius 1 is 1.09 bits per heavy atom. The molecule has 1 aliphatic heterocycles. The van der Waals surface area contributed by atoms with E-state index in [4.69, 9.17) is 25.6 Å². The summed E-state index contributed by atoms with van der Waals surface area (Å²) in [4.78, 5) is 34.7. The van der Waals surface area contributed by atoms with Crippen molar-refractivity contribution in [3.63, 3.8) is 0 Å². The number of hydrogen-bond acceptors (Lipinski definition) is 8. The third kappa shape index (κ3) is 5.32. The molecule has 0 radical (unpaired) electrons. The van der Waals surface area contributed by atoms with Crippen molar-refractivity contribution in [2.75, 3.05) is 14.2 Å². The van der Waals surface area contributed by atoms with Gasteiger partial charge in [0.25, 0.3) is 5.56 Å². The first-order valence-corrected chi connectivity index (χ1v) is 11.9. The zero-order chi connectivity index (χ0) is 24.9. The van der Waals surface area contributed by atoms with Gasteiger partial charge in [-0.15, -0.1) is 0 Å². The molecule has 0 spiro atoms. The molecule has 1 aromatic carbocycles. The highest BCUT2D eigenvalue weighted by molar-refractivity contribution is 6.66. The first-order valence-electron chi connectivity index (χ1n) is 11.6. The van der Waals surface area contributed by atoms with Crippen LogP contribution in [0.15, 0.2) is 37.3 Å². The second-order valence-corrected chi connectivity index (χ2v) is 8.72. The van der Waals surface area contributed by atoms with Crippen LogP contribution in [0.25, 0.3) is 0 Å². The Morgan fingerprint density at radius 3 is 2.60 bits per heavy atom. The molecule has 0 unspecified atom stereocenters. The van der Waals surface area contributed by atoms with E-state index in [-0.39, 0.29) is 24.2 Å².